The van der Waals surface area contributed by atoms with Crippen LogP contribution in [-0.2, 0) is 11.2 Å². The Morgan fingerprint density at radius 2 is 2.00 bits per heavy atom. The van der Waals surface area contributed by atoms with Crippen molar-refractivity contribution in [3.05, 3.63) is 83.4 Å². The van der Waals surface area contributed by atoms with Gasteiger partial charge in [0.2, 0.25) is 5.91 Å². The summed E-state index contributed by atoms with van der Waals surface area (Å²) in [5, 5.41) is 15.3. The van der Waals surface area contributed by atoms with Crippen molar-refractivity contribution in [2.75, 3.05) is 30.3 Å². The second kappa shape index (κ2) is 10.3. The predicted molar refractivity (Wildman–Crippen MR) is 114 cm³/mol. The number of rotatable bonds is 10. The summed E-state index contributed by atoms with van der Waals surface area (Å²) in [6.07, 6.45) is 3.80. The molecule has 0 aliphatic heterocycles. The number of primary amides is 1. The summed E-state index contributed by atoms with van der Waals surface area (Å²) in [5.74, 6) is -0.492. The number of carbonyl (C=O) groups excluding carboxylic acids is 1. The number of hydrogen-bond acceptors (Lipinski definition) is 6. The predicted octanol–water partition coefficient (Wildman–Crippen LogP) is 2.29. The molecule has 30 heavy (non-hydrogen) atoms. The van der Waals surface area contributed by atoms with Crippen molar-refractivity contribution in [3.8, 4) is 0 Å². The number of hydrogen-bond donors (Lipinski definition) is 4. The third-order valence-electron chi connectivity index (χ3n) is 4.55. The van der Waals surface area contributed by atoms with Crippen molar-refractivity contribution < 1.29 is 14.3 Å². The van der Waals surface area contributed by atoms with Crippen molar-refractivity contribution in [1.29, 1.82) is 0 Å². The lowest BCUT2D eigenvalue weighted by Gasteiger charge is -2.19. The summed E-state index contributed by atoms with van der Waals surface area (Å²) >= 11 is 0. The second-order valence-corrected chi connectivity index (χ2v) is 6.71. The zero-order valence-corrected chi connectivity index (χ0v) is 16.4. The fourth-order valence-corrected chi connectivity index (χ4v) is 3.19. The maximum atomic E-state index is 13.4. The van der Waals surface area contributed by atoms with Gasteiger partial charge < -0.3 is 21.5 Å². The van der Waals surface area contributed by atoms with E-state index in [1.54, 1.807) is 42.7 Å². The van der Waals surface area contributed by atoms with Gasteiger partial charge in [0.15, 0.2) is 0 Å². The molecular formula is C22H24FN5O2. The molecule has 0 spiro atoms. The monoisotopic (exact) mass is 409 g/mol. The number of halogens is 1. The number of benzene rings is 1. The van der Waals surface area contributed by atoms with E-state index in [1.807, 2.05) is 6.07 Å². The van der Waals surface area contributed by atoms with Gasteiger partial charge in [0, 0.05) is 31.0 Å². The van der Waals surface area contributed by atoms with Gasteiger partial charge in [0.1, 0.15) is 17.5 Å². The van der Waals surface area contributed by atoms with E-state index in [1.165, 1.54) is 12.1 Å². The van der Waals surface area contributed by atoms with Gasteiger partial charge in [-0.05, 0) is 41.8 Å². The molecule has 0 radical (unpaired) electrons. The third-order valence-corrected chi connectivity index (χ3v) is 4.55. The first kappa shape index (κ1) is 21.2. The Bertz CT molecular complexity index is 984. The number of aliphatic hydroxyl groups excluding tert-OH is 1. The highest BCUT2D eigenvalue weighted by atomic mass is 19.1. The number of pyridine rings is 2. The van der Waals surface area contributed by atoms with Crippen molar-refractivity contribution in [1.82, 2.24) is 9.97 Å². The lowest BCUT2D eigenvalue weighted by Crippen LogP contribution is -2.24. The van der Waals surface area contributed by atoms with Crippen LogP contribution in [0.1, 0.15) is 22.6 Å². The first-order valence-corrected chi connectivity index (χ1v) is 9.61. The molecule has 1 unspecified atom stereocenters. The summed E-state index contributed by atoms with van der Waals surface area (Å²) in [6.45, 7) is 0.785. The number of aliphatic hydroxyl groups is 1. The molecule has 0 aliphatic carbocycles. The minimum absolute atomic E-state index is 0.0363. The fraction of sp³-hybridized carbons (Fsp3) is 0.227. The van der Waals surface area contributed by atoms with E-state index in [-0.39, 0.29) is 12.4 Å². The van der Waals surface area contributed by atoms with Crippen molar-refractivity contribution >= 4 is 17.5 Å². The van der Waals surface area contributed by atoms with Crippen LogP contribution < -0.4 is 16.4 Å². The van der Waals surface area contributed by atoms with Crippen LogP contribution in [0.4, 0.5) is 16.0 Å². The van der Waals surface area contributed by atoms with Gasteiger partial charge in [-0.2, -0.15) is 0 Å². The van der Waals surface area contributed by atoms with Crippen LogP contribution >= 0.6 is 0 Å². The molecule has 1 amide bonds. The molecule has 2 aromatic heterocycles. The summed E-state index contributed by atoms with van der Waals surface area (Å²) < 4.78 is 13.4. The van der Waals surface area contributed by atoms with Crippen LogP contribution in [0.2, 0.25) is 0 Å². The summed E-state index contributed by atoms with van der Waals surface area (Å²) in [6, 6.07) is 13.4. The SMILES string of the molecule is NC(=O)C(c1cccnc1)c1ccc(NCCO)nc1NCCc1cccc(F)c1. The Morgan fingerprint density at radius 1 is 1.13 bits per heavy atom. The zero-order valence-electron chi connectivity index (χ0n) is 16.4. The van der Waals surface area contributed by atoms with E-state index in [9.17, 15) is 9.18 Å². The Morgan fingerprint density at radius 3 is 2.70 bits per heavy atom. The van der Waals surface area contributed by atoms with Crippen molar-refractivity contribution in [2.45, 2.75) is 12.3 Å². The molecular weight excluding hydrogens is 385 g/mol. The molecule has 156 valence electrons. The van der Waals surface area contributed by atoms with Gasteiger partial charge in [-0.3, -0.25) is 9.78 Å². The van der Waals surface area contributed by atoms with E-state index in [0.29, 0.717) is 42.3 Å². The quantitative estimate of drug-likeness (QED) is 0.409. The van der Waals surface area contributed by atoms with Crippen LogP contribution in [0.15, 0.2) is 60.9 Å². The molecule has 3 rings (SSSR count). The van der Waals surface area contributed by atoms with Crippen LogP contribution in [-0.4, -0.2) is 40.7 Å². The number of anilines is 2. The van der Waals surface area contributed by atoms with Gasteiger partial charge in [-0.15, -0.1) is 0 Å². The minimum Gasteiger partial charge on any atom is -0.395 e. The zero-order chi connectivity index (χ0) is 21.3. The van der Waals surface area contributed by atoms with Crippen molar-refractivity contribution in [3.63, 3.8) is 0 Å². The van der Waals surface area contributed by atoms with Gasteiger partial charge in [-0.25, -0.2) is 9.37 Å². The van der Waals surface area contributed by atoms with Crippen LogP contribution in [0.3, 0.4) is 0 Å². The number of nitrogens with one attached hydrogen (secondary N) is 2. The Balaban J connectivity index is 1.88. The third kappa shape index (κ3) is 5.51. The first-order chi connectivity index (χ1) is 14.6. The number of amides is 1. The molecule has 5 N–H and O–H groups in total. The standard InChI is InChI=1S/C22H24FN5O2/c23-17-5-1-3-15(13-17)8-10-27-22-18(6-7-19(28-22)26-11-12-29)20(21(24)30)16-4-2-9-25-14-16/h1-7,9,13-14,20,29H,8,10-12H2,(H2,24,30)(H2,26,27,28). The number of aromatic nitrogens is 2. The van der Waals surface area contributed by atoms with Crippen LogP contribution in [0.25, 0.3) is 0 Å². The Kier molecular flexibility index (Phi) is 7.29. The molecule has 1 aromatic carbocycles. The summed E-state index contributed by atoms with van der Waals surface area (Å²) in [5.41, 5.74) is 7.83. The normalized spacial score (nSPS) is 11.7. The highest BCUT2D eigenvalue weighted by Gasteiger charge is 2.24. The van der Waals surface area contributed by atoms with Gasteiger partial charge in [-0.1, -0.05) is 24.3 Å². The second-order valence-electron chi connectivity index (χ2n) is 6.71. The van der Waals surface area contributed by atoms with Crippen molar-refractivity contribution in [2.24, 2.45) is 5.73 Å². The number of nitrogens with zero attached hydrogens (tertiary/aromatic N) is 2. The van der Waals surface area contributed by atoms with E-state index in [4.69, 9.17) is 10.8 Å². The van der Waals surface area contributed by atoms with E-state index in [0.717, 1.165) is 5.56 Å². The van der Waals surface area contributed by atoms with Gasteiger partial charge in [0.25, 0.3) is 0 Å². The van der Waals surface area contributed by atoms with E-state index in [2.05, 4.69) is 20.6 Å². The minimum atomic E-state index is -0.727. The Hall–Kier alpha value is -3.52. The fourth-order valence-electron chi connectivity index (χ4n) is 3.19. The lowest BCUT2D eigenvalue weighted by molar-refractivity contribution is -0.118. The molecule has 1 atom stereocenters. The number of nitrogens with two attached hydrogens (primary N) is 1. The topological polar surface area (TPSA) is 113 Å². The molecule has 2 heterocycles. The molecule has 0 aliphatic rings. The largest absolute Gasteiger partial charge is 0.395 e. The molecule has 7 nitrogen and oxygen atoms in total. The molecule has 0 saturated heterocycles. The average molecular weight is 409 g/mol. The molecule has 0 saturated carbocycles. The molecule has 8 heteroatoms. The summed E-state index contributed by atoms with van der Waals surface area (Å²) in [4.78, 5) is 20.9. The van der Waals surface area contributed by atoms with Crippen LogP contribution in [0.5, 0.6) is 0 Å². The smallest absolute Gasteiger partial charge is 0.229 e. The Labute approximate surface area is 174 Å². The maximum absolute atomic E-state index is 13.4. The maximum Gasteiger partial charge on any atom is 0.229 e. The molecule has 0 bridgehead atoms. The first-order valence-electron chi connectivity index (χ1n) is 9.61. The van der Waals surface area contributed by atoms with Crippen LogP contribution in [0, 0.1) is 5.82 Å². The lowest BCUT2D eigenvalue weighted by atomic mass is 9.92. The van der Waals surface area contributed by atoms with E-state index >= 15 is 0 Å². The highest BCUT2D eigenvalue weighted by Crippen LogP contribution is 2.30. The van der Waals surface area contributed by atoms with E-state index < -0.39 is 11.8 Å². The highest BCUT2D eigenvalue weighted by molar-refractivity contribution is 5.87. The molecule has 0 fully saturated rings. The van der Waals surface area contributed by atoms with Gasteiger partial charge >= 0.3 is 0 Å². The summed E-state index contributed by atoms with van der Waals surface area (Å²) in [7, 11) is 0. The van der Waals surface area contributed by atoms with Gasteiger partial charge in [0.05, 0.1) is 12.5 Å². The number of carbonyl (C=O) groups is 1. The average Bonchev–Trinajstić information content (AvgIpc) is 2.74. The molecule has 3 aromatic rings.